The third-order valence-corrected chi connectivity index (χ3v) is 11.8. The van der Waals surface area contributed by atoms with Crippen molar-refractivity contribution in [3.8, 4) is 0 Å². The zero-order valence-corrected chi connectivity index (χ0v) is 37.0. The lowest BCUT2D eigenvalue weighted by molar-refractivity contribution is -0.123. The monoisotopic (exact) mass is 762 g/mol. The van der Waals surface area contributed by atoms with E-state index in [1.165, 1.54) is 238 Å². The number of carbonyl (C=O) groups excluding carboxylic acids is 1. The van der Waals surface area contributed by atoms with Gasteiger partial charge in [-0.3, -0.25) is 4.79 Å². The maximum Gasteiger partial charge on any atom is 0.220 e. The highest BCUT2D eigenvalue weighted by Gasteiger charge is 2.18. The second kappa shape index (κ2) is 46.5. The Morgan fingerprint density at radius 1 is 0.426 bits per heavy atom. The Balaban J connectivity index is 3.45. The number of aliphatic hydroxyl groups is 2. The molecule has 2 atom stereocenters. The van der Waals surface area contributed by atoms with Gasteiger partial charge in [0, 0.05) is 6.42 Å². The highest BCUT2D eigenvalue weighted by molar-refractivity contribution is 5.76. The molecule has 0 bridgehead atoms. The number of aliphatic hydroxyl groups excluding tert-OH is 2. The van der Waals surface area contributed by atoms with Crippen molar-refractivity contribution >= 4 is 5.91 Å². The van der Waals surface area contributed by atoms with Gasteiger partial charge in [0.25, 0.3) is 0 Å². The molecule has 2 unspecified atom stereocenters. The Morgan fingerprint density at radius 2 is 0.685 bits per heavy atom. The number of allylic oxidation sites excluding steroid dienone is 1. The minimum atomic E-state index is -0.834. The predicted octanol–water partition coefficient (Wildman–Crippen LogP) is 15.8. The molecule has 0 aromatic rings. The van der Waals surface area contributed by atoms with Gasteiger partial charge in [0.2, 0.25) is 5.91 Å². The molecule has 0 aromatic carbocycles. The zero-order valence-electron chi connectivity index (χ0n) is 37.0. The minimum Gasteiger partial charge on any atom is -0.394 e. The summed E-state index contributed by atoms with van der Waals surface area (Å²) in [6.07, 6.45) is 59.2. The number of hydrogen-bond acceptors (Lipinski definition) is 3. The lowest BCUT2D eigenvalue weighted by atomic mass is 10.0. The van der Waals surface area contributed by atoms with Crippen LogP contribution in [0.5, 0.6) is 0 Å². The van der Waals surface area contributed by atoms with Gasteiger partial charge in [-0.25, -0.2) is 0 Å². The fraction of sp³-hybridized carbons (Fsp3) is 0.940. The SMILES string of the molecule is CCCCCCCCCCCCCCCCCCCCCCCCCCCC/C=C/C(O)C(CO)NC(=O)CCCCCCCCCCCCCCCC. The maximum absolute atomic E-state index is 12.4. The van der Waals surface area contributed by atoms with E-state index in [-0.39, 0.29) is 12.5 Å². The van der Waals surface area contributed by atoms with E-state index >= 15 is 0 Å². The molecule has 0 saturated heterocycles. The Bertz CT molecular complexity index is 739. The summed E-state index contributed by atoms with van der Waals surface area (Å²) in [7, 11) is 0. The third-order valence-electron chi connectivity index (χ3n) is 11.8. The number of hydrogen-bond donors (Lipinski definition) is 3. The summed E-state index contributed by atoms with van der Waals surface area (Å²) in [4.78, 5) is 12.4. The largest absolute Gasteiger partial charge is 0.394 e. The van der Waals surface area contributed by atoms with Crippen molar-refractivity contribution < 1.29 is 15.0 Å². The lowest BCUT2D eigenvalue weighted by Crippen LogP contribution is -2.45. The summed E-state index contributed by atoms with van der Waals surface area (Å²) in [5.41, 5.74) is 0. The molecule has 0 aliphatic rings. The average Bonchev–Trinajstić information content (AvgIpc) is 3.18. The van der Waals surface area contributed by atoms with E-state index in [2.05, 4.69) is 19.2 Å². The van der Waals surface area contributed by atoms with Crippen molar-refractivity contribution in [2.75, 3.05) is 6.61 Å². The molecule has 0 rings (SSSR count). The van der Waals surface area contributed by atoms with Crippen LogP contribution in [0.1, 0.15) is 284 Å². The number of amides is 1. The van der Waals surface area contributed by atoms with Crippen molar-refractivity contribution in [2.24, 2.45) is 0 Å². The van der Waals surface area contributed by atoms with Crippen molar-refractivity contribution in [3.05, 3.63) is 12.2 Å². The molecule has 4 heteroatoms. The summed E-state index contributed by atoms with van der Waals surface area (Å²) < 4.78 is 0. The molecule has 54 heavy (non-hydrogen) atoms. The molecule has 3 N–H and O–H groups in total. The zero-order chi connectivity index (χ0) is 39.3. The molecule has 0 heterocycles. The summed E-state index contributed by atoms with van der Waals surface area (Å²) in [6, 6.07) is -0.616. The minimum absolute atomic E-state index is 0.0594. The number of carbonyl (C=O) groups is 1. The summed E-state index contributed by atoms with van der Waals surface area (Å²) in [5, 5.41) is 23.1. The molecule has 0 aromatic heterocycles. The first-order valence-electron chi connectivity index (χ1n) is 24.9. The second-order valence-corrected chi connectivity index (χ2v) is 17.2. The standard InChI is InChI=1S/C50H99NO3/c1-3-5-7-9-11-13-15-17-19-20-21-22-23-24-25-26-27-28-29-30-31-32-33-35-37-39-41-43-45-49(53)48(47-52)51-50(54)46-44-42-40-38-36-34-18-16-14-12-10-8-6-4-2/h43,45,48-49,52-53H,3-42,44,46-47H2,1-2H3,(H,51,54)/b45-43+. The fourth-order valence-corrected chi connectivity index (χ4v) is 7.95. The molecule has 322 valence electrons. The summed E-state index contributed by atoms with van der Waals surface area (Å²) >= 11 is 0. The van der Waals surface area contributed by atoms with Crippen LogP contribution in [-0.4, -0.2) is 34.9 Å². The van der Waals surface area contributed by atoms with Crippen molar-refractivity contribution in [1.29, 1.82) is 0 Å². The second-order valence-electron chi connectivity index (χ2n) is 17.2. The van der Waals surface area contributed by atoms with Crippen LogP contribution in [-0.2, 0) is 4.79 Å². The molecule has 0 fully saturated rings. The van der Waals surface area contributed by atoms with E-state index in [4.69, 9.17) is 0 Å². The highest BCUT2D eigenvalue weighted by atomic mass is 16.3. The van der Waals surface area contributed by atoms with E-state index < -0.39 is 12.1 Å². The van der Waals surface area contributed by atoms with Gasteiger partial charge in [0.1, 0.15) is 0 Å². The quantitative estimate of drug-likeness (QED) is 0.0427. The molecule has 0 radical (unpaired) electrons. The Hall–Kier alpha value is -0.870. The average molecular weight is 762 g/mol. The lowest BCUT2D eigenvalue weighted by Gasteiger charge is -2.20. The number of unbranched alkanes of at least 4 members (excludes halogenated alkanes) is 39. The van der Waals surface area contributed by atoms with Gasteiger partial charge in [-0.1, -0.05) is 270 Å². The predicted molar refractivity (Wildman–Crippen MR) is 239 cm³/mol. The summed E-state index contributed by atoms with van der Waals surface area (Å²) in [5.74, 6) is -0.0594. The van der Waals surface area contributed by atoms with Crippen molar-refractivity contribution in [2.45, 2.75) is 296 Å². The number of rotatable bonds is 46. The molecule has 0 spiro atoms. The van der Waals surface area contributed by atoms with Gasteiger partial charge in [0.05, 0.1) is 18.8 Å². The fourth-order valence-electron chi connectivity index (χ4n) is 7.95. The first kappa shape index (κ1) is 53.1. The number of nitrogens with one attached hydrogen (secondary N) is 1. The van der Waals surface area contributed by atoms with Crippen LogP contribution >= 0.6 is 0 Å². The highest BCUT2D eigenvalue weighted by Crippen LogP contribution is 2.17. The normalized spacial score (nSPS) is 12.9. The van der Waals surface area contributed by atoms with Gasteiger partial charge in [-0.15, -0.1) is 0 Å². The molecular weight excluding hydrogens is 663 g/mol. The third kappa shape index (κ3) is 42.3. The van der Waals surface area contributed by atoms with E-state index in [9.17, 15) is 15.0 Å². The molecule has 1 amide bonds. The molecule has 4 nitrogen and oxygen atoms in total. The van der Waals surface area contributed by atoms with E-state index in [1.807, 2.05) is 6.08 Å². The van der Waals surface area contributed by atoms with Gasteiger partial charge < -0.3 is 15.5 Å². The van der Waals surface area contributed by atoms with Crippen LogP contribution in [0.3, 0.4) is 0 Å². The van der Waals surface area contributed by atoms with Crippen LogP contribution in [0, 0.1) is 0 Å². The molecule has 0 saturated carbocycles. The maximum atomic E-state index is 12.4. The van der Waals surface area contributed by atoms with Gasteiger partial charge in [0.15, 0.2) is 0 Å². The first-order valence-corrected chi connectivity index (χ1v) is 24.9. The molecule has 0 aliphatic heterocycles. The Labute approximate surface area is 339 Å². The van der Waals surface area contributed by atoms with Crippen LogP contribution in [0.4, 0.5) is 0 Å². The summed E-state index contributed by atoms with van der Waals surface area (Å²) in [6.45, 7) is 4.33. The van der Waals surface area contributed by atoms with Crippen molar-refractivity contribution in [3.63, 3.8) is 0 Å². The van der Waals surface area contributed by atoms with Gasteiger partial charge in [-0.05, 0) is 19.3 Å². The van der Waals surface area contributed by atoms with E-state index in [0.29, 0.717) is 6.42 Å². The van der Waals surface area contributed by atoms with Crippen LogP contribution in [0.15, 0.2) is 12.2 Å². The topological polar surface area (TPSA) is 69.6 Å². The Kier molecular flexibility index (Phi) is 45.8. The van der Waals surface area contributed by atoms with Gasteiger partial charge >= 0.3 is 0 Å². The van der Waals surface area contributed by atoms with Crippen LogP contribution in [0.2, 0.25) is 0 Å². The van der Waals surface area contributed by atoms with Gasteiger partial charge in [-0.2, -0.15) is 0 Å². The van der Waals surface area contributed by atoms with E-state index in [0.717, 1.165) is 25.7 Å². The van der Waals surface area contributed by atoms with Crippen molar-refractivity contribution in [1.82, 2.24) is 5.32 Å². The van der Waals surface area contributed by atoms with Crippen LogP contribution < -0.4 is 5.32 Å². The smallest absolute Gasteiger partial charge is 0.220 e. The molecular formula is C50H99NO3. The first-order chi connectivity index (χ1) is 26.7. The Morgan fingerprint density at radius 3 is 0.963 bits per heavy atom. The van der Waals surface area contributed by atoms with Crippen LogP contribution in [0.25, 0.3) is 0 Å². The van der Waals surface area contributed by atoms with E-state index in [1.54, 1.807) is 6.08 Å². The molecule has 0 aliphatic carbocycles.